The lowest BCUT2D eigenvalue weighted by Crippen LogP contribution is -2.47. The van der Waals surface area contributed by atoms with Crippen molar-refractivity contribution >= 4 is 23.5 Å². The van der Waals surface area contributed by atoms with Crippen molar-refractivity contribution in [1.82, 2.24) is 10.6 Å². The van der Waals surface area contributed by atoms with E-state index in [4.69, 9.17) is 11.6 Å². The van der Waals surface area contributed by atoms with E-state index in [1.54, 1.807) is 0 Å². The fourth-order valence-corrected chi connectivity index (χ4v) is 2.27. The SMILES string of the molecule is CC1(C)CCCC(NC(=O)NC(=O)CCl)C1. The van der Waals surface area contributed by atoms with Crippen molar-refractivity contribution in [2.24, 2.45) is 5.41 Å². The summed E-state index contributed by atoms with van der Waals surface area (Å²) in [7, 11) is 0. The highest BCUT2D eigenvalue weighted by Crippen LogP contribution is 2.34. The van der Waals surface area contributed by atoms with Gasteiger partial charge in [-0.1, -0.05) is 20.3 Å². The van der Waals surface area contributed by atoms with E-state index in [1.807, 2.05) is 0 Å². The Labute approximate surface area is 101 Å². The molecule has 0 spiro atoms. The van der Waals surface area contributed by atoms with Crippen molar-refractivity contribution in [3.8, 4) is 0 Å². The second-order valence-electron chi connectivity index (χ2n) is 5.11. The molecule has 1 saturated carbocycles. The standard InChI is InChI=1S/C11H19ClN2O2/c1-11(2)5-3-4-8(6-11)13-10(16)14-9(15)7-12/h8H,3-7H2,1-2H3,(H2,13,14,15,16). The summed E-state index contributed by atoms with van der Waals surface area (Å²) in [6, 6.07) is -0.278. The van der Waals surface area contributed by atoms with E-state index in [2.05, 4.69) is 24.5 Å². The highest BCUT2D eigenvalue weighted by Gasteiger charge is 2.28. The lowest BCUT2D eigenvalue weighted by Gasteiger charge is -2.35. The lowest BCUT2D eigenvalue weighted by molar-refractivity contribution is -0.117. The molecule has 1 atom stereocenters. The topological polar surface area (TPSA) is 58.2 Å². The minimum Gasteiger partial charge on any atom is -0.335 e. The summed E-state index contributed by atoms with van der Waals surface area (Å²) in [5.41, 5.74) is 0.271. The average Bonchev–Trinajstić information content (AvgIpc) is 2.15. The van der Waals surface area contributed by atoms with Gasteiger partial charge in [-0.15, -0.1) is 11.6 Å². The van der Waals surface area contributed by atoms with E-state index < -0.39 is 11.9 Å². The molecular formula is C11H19ClN2O2. The van der Waals surface area contributed by atoms with Crippen molar-refractivity contribution < 1.29 is 9.59 Å². The largest absolute Gasteiger partial charge is 0.335 e. The van der Waals surface area contributed by atoms with Gasteiger partial charge in [0, 0.05) is 6.04 Å². The Kier molecular flexibility index (Phi) is 4.59. The van der Waals surface area contributed by atoms with Crippen LogP contribution in [0.3, 0.4) is 0 Å². The van der Waals surface area contributed by atoms with Gasteiger partial charge in [0.25, 0.3) is 0 Å². The molecule has 16 heavy (non-hydrogen) atoms. The van der Waals surface area contributed by atoms with Crippen LogP contribution in [0.5, 0.6) is 0 Å². The third kappa shape index (κ3) is 4.39. The number of imide groups is 1. The van der Waals surface area contributed by atoms with Crippen LogP contribution >= 0.6 is 11.6 Å². The van der Waals surface area contributed by atoms with Crippen LogP contribution in [-0.2, 0) is 4.79 Å². The first-order chi connectivity index (χ1) is 7.43. The molecule has 5 heteroatoms. The molecule has 2 N–H and O–H groups in total. The van der Waals surface area contributed by atoms with Crippen LogP contribution in [0.1, 0.15) is 39.5 Å². The van der Waals surface area contributed by atoms with Crippen molar-refractivity contribution in [3.63, 3.8) is 0 Å². The highest BCUT2D eigenvalue weighted by molar-refractivity contribution is 6.28. The molecule has 0 aliphatic heterocycles. The fraction of sp³-hybridized carbons (Fsp3) is 0.818. The predicted octanol–water partition coefficient (Wildman–Crippen LogP) is 2.02. The maximum Gasteiger partial charge on any atom is 0.321 e. The van der Waals surface area contributed by atoms with Gasteiger partial charge < -0.3 is 5.32 Å². The van der Waals surface area contributed by atoms with Gasteiger partial charge >= 0.3 is 6.03 Å². The predicted molar refractivity (Wildman–Crippen MR) is 63.4 cm³/mol. The molecule has 0 aromatic carbocycles. The quantitative estimate of drug-likeness (QED) is 0.733. The van der Waals surface area contributed by atoms with Crippen molar-refractivity contribution in [1.29, 1.82) is 0 Å². The summed E-state index contributed by atoms with van der Waals surface area (Å²) in [6.45, 7) is 4.39. The minimum atomic E-state index is -0.464. The van der Waals surface area contributed by atoms with Gasteiger partial charge in [-0.2, -0.15) is 0 Å². The number of alkyl halides is 1. The summed E-state index contributed by atoms with van der Waals surface area (Å²) >= 11 is 5.29. The summed E-state index contributed by atoms with van der Waals surface area (Å²) in [5.74, 6) is -0.655. The Morgan fingerprint density at radius 1 is 1.44 bits per heavy atom. The van der Waals surface area contributed by atoms with Crippen LogP contribution in [0.2, 0.25) is 0 Å². The fourth-order valence-electron chi connectivity index (χ4n) is 2.20. The van der Waals surface area contributed by atoms with E-state index in [1.165, 1.54) is 6.42 Å². The smallest absolute Gasteiger partial charge is 0.321 e. The van der Waals surface area contributed by atoms with E-state index in [9.17, 15) is 9.59 Å². The monoisotopic (exact) mass is 246 g/mol. The van der Waals surface area contributed by atoms with Crippen molar-refractivity contribution in [2.75, 3.05) is 5.88 Å². The van der Waals surface area contributed by atoms with E-state index >= 15 is 0 Å². The molecule has 1 fully saturated rings. The Bertz CT molecular complexity index is 279. The molecule has 1 aliphatic rings. The van der Waals surface area contributed by atoms with Crippen LogP contribution < -0.4 is 10.6 Å². The van der Waals surface area contributed by atoms with E-state index in [-0.39, 0.29) is 17.3 Å². The molecule has 3 amide bonds. The van der Waals surface area contributed by atoms with Gasteiger partial charge in [0.1, 0.15) is 5.88 Å². The molecule has 0 bridgehead atoms. The molecule has 4 nitrogen and oxygen atoms in total. The molecule has 1 unspecified atom stereocenters. The maximum absolute atomic E-state index is 11.4. The molecule has 0 saturated heterocycles. The molecule has 0 aromatic rings. The number of hydrogen-bond acceptors (Lipinski definition) is 2. The zero-order valence-corrected chi connectivity index (χ0v) is 10.6. The Balaban J connectivity index is 2.36. The molecule has 1 aliphatic carbocycles. The third-order valence-electron chi connectivity index (χ3n) is 2.91. The number of hydrogen-bond donors (Lipinski definition) is 2. The minimum absolute atomic E-state index is 0.159. The number of rotatable bonds is 2. The normalized spacial score (nSPS) is 23.6. The van der Waals surface area contributed by atoms with Crippen molar-refractivity contribution in [3.05, 3.63) is 0 Å². The number of carbonyl (C=O) groups excluding carboxylic acids is 2. The third-order valence-corrected chi connectivity index (χ3v) is 3.16. The Hall–Kier alpha value is -0.770. The Morgan fingerprint density at radius 2 is 2.12 bits per heavy atom. The van der Waals surface area contributed by atoms with Crippen LogP contribution in [-0.4, -0.2) is 23.9 Å². The number of nitrogens with one attached hydrogen (secondary N) is 2. The van der Waals surface area contributed by atoms with Crippen molar-refractivity contribution in [2.45, 2.75) is 45.6 Å². The maximum atomic E-state index is 11.4. The number of urea groups is 1. The summed E-state index contributed by atoms with van der Waals surface area (Å²) in [6.07, 6.45) is 4.23. The van der Waals surface area contributed by atoms with Gasteiger partial charge in [0.2, 0.25) is 5.91 Å². The second kappa shape index (κ2) is 5.53. The van der Waals surface area contributed by atoms with Crippen LogP contribution in [0, 0.1) is 5.41 Å². The summed E-state index contributed by atoms with van der Waals surface area (Å²) < 4.78 is 0. The number of halogens is 1. The number of carbonyl (C=O) groups is 2. The average molecular weight is 247 g/mol. The van der Waals surface area contributed by atoms with Gasteiger partial charge in [-0.05, 0) is 24.7 Å². The number of amides is 3. The molecule has 92 valence electrons. The zero-order chi connectivity index (χ0) is 12.2. The van der Waals surface area contributed by atoms with Crippen LogP contribution in [0.15, 0.2) is 0 Å². The van der Waals surface area contributed by atoms with Gasteiger partial charge in [-0.25, -0.2) is 4.79 Å². The van der Waals surface area contributed by atoms with Gasteiger partial charge in [0.05, 0.1) is 0 Å². The molecule has 0 heterocycles. The molecule has 0 aromatic heterocycles. The molecule has 1 rings (SSSR count). The van der Waals surface area contributed by atoms with Gasteiger partial charge in [0.15, 0.2) is 0 Å². The van der Waals surface area contributed by atoms with Crippen LogP contribution in [0.4, 0.5) is 4.79 Å². The Morgan fingerprint density at radius 3 is 2.69 bits per heavy atom. The summed E-state index contributed by atoms with van der Waals surface area (Å²) in [4.78, 5) is 22.3. The lowest BCUT2D eigenvalue weighted by atomic mass is 9.75. The zero-order valence-electron chi connectivity index (χ0n) is 9.81. The second-order valence-corrected chi connectivity index (χ2v) is 5.38. The summed E-state index contributed by atoms with van der Waals surface area (Å²) in [5, 5.41) is 4.99. The molecular weight excluding hydrogens is 228 g/mol. The van der Waals surface area contributed by atoms with E-state index in [0.29, 0.717) is 0 Å². The van der Waals surface area contributed by atoms with E-state index in [0.717, 1.165) is 19.3 Å². The first-order valence-electron chi connectivity index (χ1n) is 5.59. The first-order valence-corrected chi connectivity index (χ1v) is 6.13. The highest BCUT2D eigenvalue weighted by atomic mass is 35.5. The molecule has 0 radical (unpaired) electrons. The van der Waals surface area contributed by atoms with Gasteiger partial charge in [-0.3, -0.25) is 10.1 Å². The van der Waals surface area contributed by atoms with Crippen LogP contribution in [0.25, 0.3) is 0 Å². The first kappa shape index (κ1) is 13.3.